The van der Waals surface area contributed by atoms with Crippen LogP contribution in [0.2, 0.25) is 0 Å². The summed E-state index contributed by atoms with van der Waals surface area (Å²) >= 11 is 0. The van der Waals surface area contributed by atoms with Crippen molar-refractivity contribution in [1.82, 2.24) is 0 Å². The highest BCUT2D eigenvalue weighted by Crippen LogP contribution is 2.18. The Hall–Kier alpha value is -3.42. The molecule has 0 unspecified atom stereocenters. The van der Waals surface area contributed by atoms with Gasteiger partial charge in [-0.15, -0.1) is 0 Å². The fourth-order valence-corrected chi connectivity index (χ4v) is 1.93. The highest BCUT2D eigenvalue weighted by Gasteiger charge is 2.11. The van der Waals surface area contributed by atoms with E-state index in [-0.39, 0.29) is 23.6 Å². The first-order chi connectivity index (χ1) is 12.5. The second kappa shape index (κ2) is 9.16. The number of nitro groups is 1. The summed E-state index contributed by atoms with van der Waals surface area (Å²) in [6, 6.07) is 11.4. The van der Waals surface area contributed by atoms with E-state index < -0.39 is 16.9 Å². The van der Waals surface area contributed by atoms with Gasteiger partial charge in [0.05, 0.1) is 17.1 Å². The van der Waals surface area contributed by atoms with Crippen LogP contribution in [0.1, 0.15) is 23.7 Å². The summed E-state index contributed by atoms with van der Waals surface area (Å²) in [6.45, 7) is 1.81. The van der Waals surface area contributed by atoms with E-state index in [0.717, 1.165) is 0 Å². The molecule has 8 nitrogen and oxygen atoms in total. The molecule has 136 valence electrons. The smallest absolute Gasteiger partial charge is 0.349 e. The zero-order valence-electron chi connectivity index (χ0n) is 14.0. The lowest BCUT2D eigenvalue weighted by atomic mass is 10.2. The van der Waals surface area contributed by atoms with Gasteiger partial charge in [0.15, 0.2) is 6.61 Å². The van der Waals surface area contributed by atoms with Crippen LogP contribution in [0.3, 0.4) is 0 Å². The van der Waals surface area contributed by atoms with Crippen molar-refractivity contribution in [3.05, 3.63) is 64.2 Å². The zero-order valence-corrected chi connectivity index (χ0v) is 14.0. The largest absolute Gasteiger partial charge is 0.482 e. The molecular weight excluding hydrogens is 342 g/mol. The molecule has 0 N–H and O–H groups in total. The second-order valence-corrected chi connectivity index (χ2v) is 5.18. The van der Waals surface area contributed by atoms with Gasteiger partial charge in [-0.3, -0.25) is 10.1 Å². The van der Waals surface area contributed by atoms with Crippen LogP contribution in [0.5, 0.6) is 11.5 Å². The number of benzene rings is 2. The maximum absolute atomic E-state index is 11.8. The van der Waals surface area contributed by atoms with Gasteiger partial charge in [-0.25, -0.2) is 9.59 Å². The molecule has 0 fully saturated rings. The van der Waals surface area contributed by atoms with Crippen molar-refractivity contribution >= 4 is 17.6 Å². The van der Waals surface area contributed by atoms with Gasteiger partial charge in [-0.05, 0) is 36.8 Å². The molecule has 2 aromatic rings. The fourth-order valence-electron chi connectivity index (χ4n) is 1.93. The number of rotatable bonds is 8. The lowest BCUT2D eigenvalue weighted by Crippen LogP contribution is -2.18. The average Bonchev–Trinajstić information content (AvgIpc) is 2.65. The molecule has 8 heteroatoms. The number of non-ortho nitro benzene ring substituents is 1. The molecule has 26 heavy (non-hydrogen) atoms. The van der Waals surface area contributed by atoms with E-state index in [1.165, 1.54) is 36.4 Å². The number of hydrogen-bond acceptors (Lipinski definition) is 7. The van der Waals surface area contributed by atoms with Crippen molar-refractivity contribution in [2.24, 2.45) is 0 Å². The van der Waals surface area contributed by atoms with E-state index >= 15 is 0 Å². The van der Waals surface area contributed by atoms with Crippen molar-refractivity contribution in [3.63, 3.8) is 0 Å². The third-order valence-electron chi connectivity index (χ3n) is 3.14. The van der Waals surface area contributed by atoms with Crippen LogP contribution in [-0.4, -0.2) is 30.1 Å². The minimum Gasteiger partial charge on any atom is -0.482 e. The minimum atomic E-state index is -0.678. The summed E-state index contributed by atoms with van der Waals surface area (Å²) in [5, 5.41) is 10.6. The molecule has 0 saturated heterocycles. The normalized spacial score (nSPS) is 10.0. The van der Waals surface area contributed by atoms with E-state index in [2.05, 4.69) is 0 Å². The Bertz CT molecular complexity index is 786. The van der Waals surface area contributed by atoms with E-state index in [1.54, 1.807) is 12.1 Å². The Morgan fingerprint density at radius 1 is 1.08 bits per heavy atom. The Labute approximate surface area is 149 Å². The molecule has 2 aromatic carbocycles. The Morgan fingerprint density at radius 3 is 2.46 bits per heavy atom. The van der Waals surface area contributed by atoms with E-state index in [9.17, 15) is 19.7 Å². The summed E-state index contributed by atoms with van der Waals surface area (Å²) in [4.78, 5) is 33.7. The van der Waals surface area contributed by atoms with Crippen molar-refractivity contribution < 1.29 is 28.7 Å². The predicted molar refractivity (Wildman–Crippen MR) is 91.2 cm³/mol. The summed E-state index contributed by atoms with van der Waals surface area (Å²) in [5.74, 6) is -0.688. The fraction of sp³-hybridized carbons (Fsp3) is 0.222. The maximum atomic E-state index is 11.8. The molecule has 0 bridgehead atoms. The van der Waals surface area contributed by atoms with Crippen LogP contribution in [0.15, 0.2) is 48.5 Å². The SMILES string of the molecule is CCCOC(=O)c1cccc(OC(=O)COc2ccc([N+](=O)[O-])cc2)c1. The van der Waals surface area contributed by atoms with Crippen LogP contribution in [-0.2, 0) is 9.53 Å². The number of ether oxygens (including phenoxy) is 3. The number of nitro benzene ring substituents is 1. The Kier molecular flexibility index (Phi) is 6.67. The van der Waals surface area contributed by atoms with Crippen LogP contribution in [0.4, 0.5) is 5.69 Å². The molecule has 2 rings (SSSR count). The van der Waals surface area contributed by atoms with Gasteiger partial charge in [0, 0.05) is 12.1 Å². The first-order valence-corrected chi connectivity index (χ1v) is 7.84. The molecule has 0 saturated carbocycles. The van der Waals surface area contributed by atoms with Gasteiger partial charge < -0.3 is 14.2 Å². The molecule has 0 spiro atoms. The molecule has 0 aliphatic heterocycles. The van der Waals surface area contributed by atoms with Crippen molar-refractivity contribution in [3.8, 4) is 11.5 Å². The lowest BCUT2D eigenvalue weighted by Gasteiger charge is -2.08. The van der Waals surface area contributed by atoms with Gasteiger partial charge in [-0.2, -0.15) is 0 Å². The van der Waals surface area contributed by atoms with E-state index in [4.69, 9.17) is 14.2 Å². The third kappa shape index (κ3) is 5.59. The predicted octanol–water partition coefficient (Wildman–Crippen LogP) is 3.15. The van der Waals surface area contributed by atoms with Gasteiger partial charge in [-0.1, -0.05) is 13.0 Å². The van der Waals surface area contributed by atoms with Crippen LogP contribution in [0, 0.1) is 10.1 Å². The number of hydrogen-bond donors (Lipinski definition) is 0. The molecule has 0 radical (unpaired) electrons. The number of esters is 2. The summed E-state index contributed by atoms with van der Waals surface area (Å²) in [7, 11) is 0. The van der Waals surface area contributed by atoms with Crippen LogP contribution >= 0.6 is 0 Å². The van der Waals surface area contributed by atoms with Crippen LogP contribution in [0.25, 0.3) is 0 Å². The van der Waals surface area contributed by atoms with Gasteiger partial charge in [0.25, 0.3) is 5.69 Å². The zero-order chi connectivity index (χ0) is 18.9. The number of nitrogens with zero attached hydrogens (tertiary/aromatic N) is 1. The second-order valence-electron chi connectivity index (χ2n) is 5.18. The summed E-state index contributed by atoms with van der Waals surface area (Å²) in [5.41, 5.74) is 0.201. The molecule has 0 aliphatic rings. The number of carbonyl (C=O) groups excluding carboxylic acids is 2. The van der Waals surface area contributed by atoms with Gasteiger partial charge in [0.2, 0.25) is 0 Å². The molecule has 0 atom stereocenters. The summed E-state index contributed by atoms with van der Waals surface area (Å²) < 4.78 is 15.3. The first kappa shape index (κ1) is 18.9. The maximum Gasteiger partial charge on any atom is 0.349 e. The van der Waals surface area contributed by atoms with Crippen molar-refractivity contribution in [2.45, 2.75) is 13.3 Å². The summed E-state index contributed by atoms with van der Waals surface area (Å²) in [6.07, 6.45) is 0.709. The standard InChI is InChI=1S/C18H17NO7/c1-2-10-24-18(21)13-4-3-5-16(11-13)26-17(20)12-25-15-8-6-14(7-9-15)19(22)23/h3-9,11H,2,10,12H2,1H3. The Balaban J connectivity index is 1.89. The third-order valence-corrected chi connectivity index (χ3v) is 3.14. The van der Waals surface area contributed by atoms with E-state index in [0.29, 0.717) is 18.8 Å². The van der Waals surface area contributed by atoms with Gasteiger partial charge >= 0.3 is 11.9 Å². The first-order valence-electron chi connectivity index (χ1n) is 7.84. The quantitative estimate of drug-likeness (QED) is 0.308. The topological polar surface area (TPSA) is 105 Å². The number of carbonyl (C=O) groups is 2. The van der Waals surface area contributed by atoms with Crippen LogP contribution < -0.4 is 9.47 Å². The van der Waals surface area contributed by atoms with Gasteiger partial charge in [0.1, 0.15) is 11.5 Å². The van der Waals surface area contributed by atoms with E-state index in [1.807, 2.05) is 6.92 Å². The molecule has 0 amide bonds. The highest BCUT2D eigenvalue weighted by atomic mass is 16.6. The minimum absolute atomic E-state index is 0.0771. The Morgan fingerprint density at radius 2 is 1.81 bits per heavy atom. The van der Waals surface area contributed by atoms with Crippen molar-refractivity contribution in [2.75, 3.05) is 13.2 Å². The molecular formula is C18H17NO7. The average molecular weight is 359 g/mol. The molecule has 0 aliphatic carbocycles. The lowest BCUT2D eigenvalue weighted by molar-refractivity contribution is -0.384. The highest BCUT2D eigenvalue weighted by molar-refractivity contribution is 5.90. The van der Waals surface area contributed by atoms with Crippen molar-refractivity contribution in [1.29, 1.82) is 0 Å². The molecule has 0 aromatic heterocycles. The molecule has 0 heterocycles. The monoisotopic (exact) mass is 359 g/mol.